The average molecular weight is 381 g/mol. The molecule has 0 saturated carbocycles. The molecule has 1 aromatic carbocycles. The van der Waals surface area contributed by atoms with Crippen LogP contribution in [-0.4, -0.2) is 46.1 Å². The minimum atomic E-state index is -0.123. The maximum absolute atomic E-state index is 10.1. The number of nitrogens with zero attached hydrogens (tertiary/aromatic N) is 3. The second kappa shape index (κ2) is 8.31. The van der Waals surface area contributed by atoms with Gasteiger partial charge >= 0.3 is 0 Å². The van der Waals surface area contributed by atoms with Crippen LogP contribution >= 0.6 is 0 Å². The molecule has 1 saturated heterocycles. The number of hydrogen-bond acceptors (Lipinski definition) is 5. The van der Waals surface area contributed by atoms with Crippen LogP contribution in [0.25, 0.3) is 16.6 Å². The topological polar surface area (TPSA) is 70.2 Å². The van der Waals surface area contributed by atoms with Crippen molar-refractivity contribution in [3.63, 3.8) is 0 Å². The fraction of sp³-hybridized carbons (Fsp3) is 0.409. The Morgan fingerprint density at radius 1 is 1.04 bits per heavy atom. The van der Waals surface area contributed by atoms with Crippen LogP contribution in [0, 0.1) is 0 Å². The molecule has 0 unspecified atom stereocenters. The molecule has 28 heavy (non-hydrogen) atoms. The van der Waals surface area contributed by atoms with E-state index < -0.39 is 0 Å². The summed E-state index contributed by atoms with van der Waals surface area (Å²) in [6.07, 6.45) is 1.74. The van der Waals surface area contributed by atoms with Crippen LogP contribution in [0.4, 0.5) is 5.82 Å². The van der Waals surface area contributed by atoms with Crippen LogP contribution in [0.5, 0.6) is 0 Å². The van der Waals surface area contributed by atoms with E-state index in [1.54, 1.807) is 0 Å². The number of rotatable bonds is 6. The van der Waals surface area contributed by atoms with Crippen molar-refractivity contribution >= 4 is 11.3 Å². The van der Waals surface area contributed by atoms with Crippen molar-refractivity contribution in [2.24, 2.45) is 0 Å². The summed E-state index contributed by atoms with van der Waals surface area (Å²) in [5.41, 5.74) is 5.54. The monoisotopic (exact) mass is 381 g/mol. The van der Waals surface area contributed by atoms with Crippen molar-refractivity contribution in [2.45, 2.75) is 33.0 Å². The van der Waals surface area contributed by atoms with E-state index in [1.807, 2.05) is 22.7 Å². The molecule has 6 nitrogen and oxygen atoms in total. The third-order valence-corrected chi connectivity index (χ3v) is 5.42. The van der Waals surface area contributed by atoms with E-state index >= 15 is 0 Å². The SMILES string of the molecule is CCCc1c(CO)c(CO)c2c(-c3ccccc3)cc(N3CCOCC3)nn12. The summed E-state index contributed by atoms with van der Waals surface area (Å²) in [4.78, 5) is 2.24. The third-order valence-electron chi connectivity index (χ3n) is 5.42. The quantitative estimate of drug-likeness (QED) is 0.687. The van der Waals surface area contributed by atoms with Gasteiger partial charge in [0.15, 0.2) is 0 Å². The highest BCUT2D eigenvalue weighted by Gasteiger charge is 2.23. The Bertz CT molecular complexity index is 947. The number of fused-ring (bicyclic) bond motifs is 1. The Morgan fingerprint density at radius 2 is 1.75 bits per heavy atom. The molecule has 2 aromatic heterocycles. The summed E-state index contributed by atoms with van der Waals surface area (Å²) in [7, 11) is 0. The normalized spacial score (nSPS) is 14.8. The van der Waals surface area contributed by atoms with E-state index in [1.165, 1.54) is 0 Å². The predicted molar refractivity (Wildman–Crippen MR) is 110 cm³/mol. The number of aliphatic hydroxyl groups excluding tert-OH is 2. The van der Waals surface area contributed by atoms with Crippen LogP contribution in [0.2, 0.25) is 0 Å². The number of aromatic nitrogens is 2. The van der Waals surface area contributed by atoms with Gasteiger partial charge in [0.05, 0.1) is 31.9 Å². The molecule has 3 aromatic rings. The van der Waals surface area contributed by atoms with E-state index in [4.69, 9.17) is 9.84 Å². The van der Waals surface area contributed by atoms with E-state index in [0.717, 1.165) is 65.2 Å². The largest absolute Gasteiger partial charge is 0.392 e. The first-order chi connectivity index (χ1) is 13.8. The number of aryl methyl sites for hydroxylation is 1. The summed E-state index contributed by atoms with van der Waals surface area (Å²) < 4.78 is 7.45. The Hall–Kier alpha value is -2.41. The number of benzene rings is 1. The Morgan fingerprint density at radius 3 is 2.39 bits per heavy atom. The van der Waals surface area contributed by atoms with E-state index in [0.29, 0.717) is 13.2 Å². The molecule has 0 radical (unpaired) electrons. The summed E-state index contributed by atoms with van der Waals surface area (Å²) in [5, 5.41) is 25.1. The zero-order chi connectivity index (χ0) is 19.5. The maximum Gasteiger partial charge on any atom is 0.150 e. The lowest BCUT2D eigenvalue weighted by Crippen LogP contribution is -2.37. The smallest absolute Gasteiger partial charge is 0.150 e. The molecule has 1 aliphatic rings. The van der Waals surface area contributed by atoms with Gasteiger partial charge in [-0.15, -0.1) is 0 Å². The van der Waals surface area contributed by atoms with E-state index in [2.05, 4.69) is 30.0 Å². The summed E-state index contributed by atoms with van der Waals surface area (Å²) in [6.45, 7) is 4.88. The van der Waals surface area contributed by atoms with Gasteiger partial charge in [0.2, 0.25) is 0 Å². The van der Waals surface area contributed by atoms with E-state index in [9.17, 15) is 10.2 Å². The number of aliphatic hydroxyl groups is 2. The van der Waals surface area contributed by atoms with Gasteiger partial charge in [0.1, 0.15) is 5.82 Å². The molecule has 0 spiro atoms. The molecule has 0 amide bonds. The van der Waals surface area contributed by atoms with Crippen molar-refractivity contribution in [3.05, 3.63) is 53.2 Å². The molecule has 0 bridgehead atoms. The Balaban J connectivity index is 2.02. The first-order valence-electron chi connectivity index (χ1n) is 9.94. The van der Waals surface area contributed by atoms with Gasteiger partial charge in [-0.05, 0) is 18.1 Å². The minimum absolute atomic E-state index is 0.101. The fourth-order valence-electron chi connectivity index (χ4n) is 4.06. The number of anilines is 1. The molecule has 0 atom stereocenters. The molecule has 6 heteroatoms. The highest BCUT2D eigenvalue weighted by molar-refractivity contribution is 5.86. The highest BCUT2D eigenvalue weighted by atomic mass is 16.5. The maximum atomic E-state index is 10.1. The molecule has 2 N–H and O–H groups in total. The molecule has 1 fully saturated rings. The van der Waals surface area contributed by atoms with Gasteiger partial charge in [0, 0.05) is 35.5 Å². The Labute approximate surface area is 165 Å². The lowest BCUT2D eigenvalue weighted by Gasteiger charge is -2.28. The van der Waals surface area contributed by atoms with Crippen LogP contribution in [0.15, 0.2) is 36.4 Å². The average Bonchev–Trinajstić information content (AvgIpc) is 3.07. The lowest BCUT2D eigenvalue weighted by atomic mass is 10.0. The molecular weight excluding hydrogens is 354 g/mol. The minimum Gasteiger partial charge on any atom is -0.392 e. The lowest BCUT2D eigenvalue weighted by molar-refractivity contribution is 0.122. The van der Waals surface area contributed by atoms with Gasteiger partial charge in [-0.2, -0.15) is 5.10 Å². The summed E-state index contributed by atoms with van der Waals surface area (Å²) in [5.74, 6) is 0.899. The third kappa shape index (κ3) is 3.28. The van der Waals surface area contributed by atoms with Crippen LogP contribution in [0.1, 0.15) is 30.2 Å². The standard InChI is InChI=1S/C22H27N3O3/c1-2-6-20-18(14-26)19(15-27)22-17(16-7-4-3-5-8-16)13-21(23-25(20)22)24-9-11-28-12-10-24/h3-5,7-8,13,26-27H,2,6,9-12,14-15H2,1H3. The molecule has 4 rings (SSSR count). The van der Waals surface area contributed by atoms with Crippen molar-refractivity contribution in [1.82, 2.24) is 9.61 Å². The zero-order valence-corrected chi connectivity index (χ0v) is 16.3. The van der Waals surface area contributed by atoms with Gasteiger partial charge in [-0.25, -0.2) is 4.52 Å². The second-order valence-electron chi connectivity index (χ2n) is 7.11. The summed E-state index contributed by atoms with van der Waals surface area (Å²) >= 11 is 0. The van der Waals surface area contributed by atoms with Crippen molar-refractivity contribution in [2.75, 3.05) is 31.2 Å². The molecule has 1 aliphatic heterocycles. The van der Waals surface area contributed by atoms with Crippen LogP contribution < -0.4 is 4.90 Å². The van der Waals surface area contributed by atoms with Crippen LogP contribution in [0.3, 0.4) is 0 Å². The number of hydrogen-bond donors (Lipinski definition) is 2. The van der Waals surface area contributed by atoms with E-state index in [-0.39, 0.29) is 13.2 Å². The van der Waals surface area contributed by atoms with Gasteiger partial charge in [0.25, 0.3) is 0 Å². The number of ether oxygens (including phenoxy) is 1. The van der Waals surface area contributed by atoms with Crippen molar-refractivity contribution in [1.29, 1.82) is 0 Å². The van der Waals surface area contributed by atoms with Crippen molar-refractivity contribution in [3.8, 4) is 11.1 Å². The Kier molecular flexibility index (Phi) is 5.62. The first kappa shape index (κ1) is 18.9. The predicted octanol–water partition coefficient (Wildman–Crippen LogP) is 2.78. The molecule has 3 heterocycles. The first-order valence-corrected chi connectivity index (χ1v) is 9.94. The second-order valence-corrected chi connectivity index (χ2v) is 7.11. The van der Waals surface area contributed by atoms with Gasteiger partial charge in [-0.1, -0.05) is 43.7 Å². The van der Waals surface area contributed by atoms with Gasteiger partial charge in [-0.3, -0.25) is 0 Å². The van der Waals surface area contributed by atoms with Crippen LogP contribution in [-0.2, 0) is 24.4 Å². The molecular formula is C22H27N3O3. The zero-order valence-electron chi connectivity index (χ0n) is 16.3. The fourth-order valence-corrected chi connectivity index (χ4v) is 4.06. The number of morpholine rings is 1. The highest BCUT2D eigenvalue weighted by Crippen LogP contribution is 2.35. The molecule has 148 valence electrons. The van der Waals surface area contributed by atoms with Gasteiger partial charge < -0.3 is 19.8 Å². The van der Waals surface area contributed by atoms with Crippen molar-refractivity contribution < 1.29 is 14.9 Å². The molecule has 0 aliphatic carbocycles. The summed E-state index contributed by atoms with van der Waals surface area (Å²) in [6, 6.07) is 12.3.